The van der Waals surface area contributed by atoms with E-state index in [1.54, 1.807) is 6.08 Å². The summed E-state index contributed by atoms with van der Waals surface area (Å²) in [6.45, 7) is 4.93. The van der Waals surface area contributed by atoms with Gasteiger partial charge in [0.2, 0.25) is 5.91 Å². The van der Waals surface area contributed by atoms with Gasteiger partial charge in [-0.1, -0.05) is 346 Å². The zero-order valence-corrected chi connectivity index (χ0v) is 52.2. The molecule has 6 nitrogen and oxygen atoms in total. The summed E-state index contributed by atoms with van der Waals surface area (Å²) in [5.41, 5.74) is 0. The van der Waals surface area contributed by atoms with E-state index in [0.29, 0.717) is 19.4 Å². The summed E-state index contributed by atoms with van der Waals surface area (Å²) < 4.78 is 5.48. The van der Waals surface area contributed by atoms with Gasteiger partial charge in [0.15, 0.2) is 0 Å². The molecule has 1 amide bonds. The minimum absolute atomic E-state index is 0.00501. The molecule has 0 spiro atoms. The van der Waals surface area contributed by atoms with Gasteiger partial charge in [0.1, 0.15) is 0 Å². The Morgan fingerprint density at radius 2 is 0.610 bits per heavy atom. The highest BCUT2D eigenvalue weighted by molar-refractivity contribution is 5.76. The normalized spacial score (nSPS) is 12.6. The van der Waals surface area contributed by atoms with Crippen LogP contribution in [0.1, 0.15) is 393 Å². The second-order valence-corrected chi connectivity index (χ2v) is 24.2. The molecule has 0 aliphatic heterocycles. The van der Waals surface area contributed by atoms with Crippen molar-refractivity contribution in [1.29, 1.82) is 0 Å². The molecule has 3 N–H and O–H groups in total. The summed E-state index contributed by atoms with van der Waals surface area (Å²) in [5.74, 6) is -0.0588. The van der Waals surface area contributed by atoms with Crippen LogP contribution in [0.5, 0.6) is 0 Å². The topological polar surface area (TPSA) is 95.9 Å². The van der Waals surface area contributed by atoms with E-state index < -0.39 is 12.1 Å². The maximum atomic E-state index is 12.5. The molecule has 2 unspecified atom stereocenters. The standard InChI is InChI=1S/C71H137NO5/c1-3-5-7-9-11-13-15-17-19-20-21-22-23-24-27-30-33-36-39-43-47-51-55-59-63-69(74)68(67-73)72-70(75)64-60-56-52-48-44-40-37-34-31-28-25-26-29-32-35-38-42-46-50-54-58-62-66-77-71(76)65-61-57-53-49-45-41-18-16-14-12-10-8-6-4-2/h16,18,59,63,68-69,73-74H,3-15,17,19-58,60-62,64-67H2,1-2H3,(H,72,75)/b18-16-,63-59+. The van der Waals surface area contributed by atoms with E-state index in [1.165, 1.54) is 321 Å². The predicted octanol–water partition coefficient (Wildman–Crippen LogP) is 22.5. The SMILES string of the molecule is CCCCCCC/C=C\CCCCCCCC(=O)OCCCCCCCCCCCCCCCCCCCCCCCCC(=O)NC(CO)C(O)/C=C/CCCCCCCCCCCCCCCCCCCCCCCC. The number of aliphatic hydroxyl groups excluding tert-OH is 2. The molecule has 0 aliphatic rings. The summed E-state index contributed by atoms with van der Waals surface area (Å²) in [6, 6.07) is -0.629. The van der Waals surface area contributed by atoms with E-state index in [1.807, 2.05) is 6.08 Å². The highest BCUT2D eigenvalue weighted by Gasteiger charge is 2.18. The van der Waals surface area contributed by atoms with Crippen LogP contribution in [0.15, 0.2) is 24.3 Å². The average Bonchev–Trinajstić information content (AvgIpc) is 3.43. The van der Waals surface area contributed by atoms with E-state index >= 15 is 0 Å². The monoisotopic (exact) mass is 1080 g/mol. The van der Waals surface area contributed by atoms with Gasteiger partial charge in [-0.05, 0) is 57.8 Å². The van der Waals surface area contributed by atoms with Crippen LogP contribution in [-0.2, 0) is 14.3 Å². The van der Waals surface area contributed by atoms with Crippen LogP contribution < -0.4 is 5.32 Å². The molecule has 6 heteroatoms. The molecule has 0 rings (SSSR count). The van der Waals surface area contributed by atoms with E-state index in [9.17, 15) is 19.8 Å². The van der Waals surface area contributed by atoms with E-state index in [2.05, 4.69) is 31.3 Å². The molecule has 0 heterocycles. The Balaban J connectivity index is 3.41. The Kier molecular flexibility index (Phi) is 65.4. The van der Waals surface area contributed by atoms with Crippen molar-refractivity contribution >= 4 is 11.9 Å². The van der Waals surface area contributed by atoms with Gasteiger partial charge >= 0.3 is 5.97 Å². The molecule has 0 aromatic carbocycles. The van der Waals surface area contributed by atoms with Crippen molar-refractivity contribution < 1.29 is 24.5 Å². The van der Waals surface area contributed by atoms with Crippen LogP contribution in [0.4, 0.5) is 0 Å². The Labute approximate surface area is 481 Å². The lowest BCUT2D eigenvalue weighted by molar-refractivity contribution is -0.143. The lowest BCUT2D eigenvalue weighted by atomic mass is 10.0. The quantitative estimate of drug-likeness (QED) is 0.0320. The van der Waals surface area contributed by atoms with Crippen molar-refractivity contribution in [2.24, 2.45) is 0 Å². The fraction of sp³-hybridized carbons (Fsp3) is 0.915. The summed E-state index contributed by atoms with van der Waals surface area (Å²) in [5, 5.41) is 23.3. The first-order valence-electron chi connectivity index (χ1n) is 35.1. The minimum atomic E-state index is -0.846. The molecule has 77 heavy (non-hydrogen) atoms. The molecule has 0 fully saturated rings. The Bertz CT molecular complexity index is 1200. The third-order valence-corrected chi connectivity index (χ3v) is 16.5. The highest BCUT2D eigenvalue weighted by Crippen LogP contribution is 2.19. The van der Waals surface area contributed by atoms with Gasteiger partial charge in [0.25, 0.3) is 0 Å². The Hall–Kier alpha value is -1.66. The maximum absolute atomic E-state index is 12.5. The number of unbranched alkanes of at least 4 members (excludes halogenated alkanes) is 53. The smallest absolute Gasteiger partial charge is 0.305 e. The van der Waals surface area contributed by atoms with Crippen LogP contribution >= 0.6 is 0 Å². The molecule has 2 atom stereocenters. The molecule has 456 valence electrons. The Morgan fingerprint density at radius 1 is 0.351 bits per heavy atom. The number of carbonyl (C=O) groups is 2. The molecule has 0 saturated carbocycles. The number of hydrogen-bond donors (Lipinski definition) is 3. The van der Waals surface area contributed by atoms with E-state index in [0.717, 1.165) is 44.9 Å². The molecule has 0 aromatic heterocycles. The molecular formula is C71H137NO5. The van der Waals surface area contributed by atoms with E-state index in [4.69, 9.17) is 4.74 Å². The van der Waals surface area contributed by atoms with Gasteiger partial charge in [-0.25, -0.2) is 0 Å². The minimum Gasteiger partial charge on any atom is -0.466 e. The molecular weight excluding hydrogens is 947 g/mol. The van der Waals surface area contributed by atoms with Gasteiger partial charge in [0.05, 0.1) is 25.4 Å². The van der Waals surface area contributed by atoms with Crippen molar-refractivity contribution in [2.75, 3.05) is 13.2 Å². The molecule has 0 aromatic rings. The van der Waals surface area contributed by atoms with Crippen LogP contribution in [0.3, 0.4) is 0 Å². The number of amides is 1. The van der Waals surface area contributed by atoms with Crippen molar-refractivity contribution in [3.8, 4) is 0 Å². The first kappa shape index (κ1) is 75.3. The number of carbonyl (C=O) groups excluding carboxylic acids is 2. The van der Waals surface area contributed by atoms with Crippen molar-refractivity contribution in [1.82, 2.24) is 5.32 Å². The zero-order chi connectivity index (χ0) is 55.7. The van der Waals surface area contributed by atoms with E-state index in [-0.39, 0.29) is 18.5 Å². The molecule has 0 bridgehead atoms. The summed E-state index contributed by atoms with van der Waals surface area (Å²) in [7, 11) is 0. The zero-order valence-electron chi connectivity index (χ0n) is 52.2. The van der Waals surface area contributed by atoms with Crippen molar-refractivity contribution in [2.45, 2.75) is 405 Å². The highest BCUT2D eigenvalue weighted by atomic mass is 16.5. The first-order valence-corrected chi connectivity index (χ1v) is 35.1. The van der Waals surface area contributed by atoms with Crippen LogP contribution in [-0.4, -0.2) is 47.4 Å². The number of hydrogen-bond acceptors (Lipinski definition) is 5. The average molecular weight is 1080 g/mol. The second kappa shape index (κ2) is 66.8. The summed E-state index contributed by atoms with van der Waals surface area (Å²) in [6.07, 6.45) is 83.9. The largest absolute Gasteiger partial charge is 0.466 e. The number of aliphatic hydroxyl groups is 2. The third kappa shape index (κ3) is 63.4. The van der Waals surface area contributed by atoms with Gasteiger partial charge < -0.3 is 20.3 Å². The van der Waals surface area contributed by atoms with Gasteiger partial charge in [-0.15, -0.1) is 0 Å². The summed E-state index contributed by atoms with van der Waals surface area (Å²) in [4.78, 5) is 24.6. The van der Waals surface area contributed by atoms with Crippen LogP contribution in [0, 0.1) is 0 Å². The van der Waals surface area contributed by atoms with Gasteiger partial charge in [-0.2, -0.15) is 0 Å². The maximum Gasteiger partial charge on any atom is 0.305 e. The van der Waals surface area contributed by atoms with Gasteiger partial charge in [0, 0.05) is 12.8 Å². The number of rotatable bonds is 66. The second-order valence-electron chi connectivity index (χ2n) is 24.2. The fourth-order valence-corrected chi connectivity index (χ4v) is 11.1. The number of esters is 1. The predicted molar refractivity (Wildman–Crippen MR) is 338 cm³/mol. The lowest BCUT2D eigenvalue weighted by Crippen LogP contribution is -2.45. The van der Waals surface area contributed by atoms with Crippen LogP contribution in [0.25, 0.3) is 0 Å². The molecule has 0 saturated heterocycles. The number of allylic oxidation sites excluding steroid dienone is 3. The number of ether oxygens (including phenoxy) is 1. The lowest BCUT2D eigenvalue weighted by Gasteiger charge is -2.20. The van der Waals surface area contributed by atoms with Gasteiger partial charge in [-0.3, -0.25) is 9.59 Å². The molecule has 0 radical (unpaired) electrons. The fourth-order valence-electron chi connectivity index (χ4n) is 11.1. The van der Waals surface area contributed by atoms with Crippen molar-refractivity contribution in [3.63, 3.8) is 0 Å². The third-order valence-electron chi connectivity index (χ3n) is 16.5. The van der Waals surface area contributed by atoms with Crippen LogP contribution in [0.2, 0.25) is 0 Å². The van der Waals surface area contributed by atoms with Crippen molar-refractivity contribution in [3.05, 3.63) is 24.3 Å². The summed E-state index contributed by atoms with van der Waals surface area (Å²) >= 11 is 0. The molecule has 0 aliphatic carbocycles. The Morgan fingerprint density at radius 3 is 0.922 bits per heavy atom. The first-order chi connectivity index (χ1) is 38.0. The number of nitrogens with one attached hydrogen (secondary N) is 1.